The van der Waals surface area contributed by atoms with Crippen LogP contribution in [0.1, 0.15) is 52.4 Å². The van der Waals surface area contributed by atoms with Gasteiger partial charge in [-0.05, 0) is 53.6 Å². The molecule has 0 heterocycles. The zero-order chi connectivity index (χ0) is 14.7. The maximum atomic E-state index is 10.8. The Balaban J connectivity index is 2.25. The van der Waals surface area contributed by atoms with E-state index in [1.807, 2.05) is 12.1 Å². The predicted molar refractivity (Wildman–Crippen MR) is 81.5 cm³/mol. The molecule has 0 aromatic heterocycles. The molecule has 2 heteroatoms. The topological polar surface area (TPSA) is 37.3 Å². The van der Waals surface area contributed by atoms with E-state index in [4.69, 9.17) is 5.11 Å². The second-order valence-electron chi connectivity index (χ2n) is 5.52. The minimum atomic E-state index is -0.880. The van der Waals surface area contributed by atoms with Crippen molar-refractivity contribution in [3.05, 3.63) is 70.3 Å². The molecule has 0 fully saturated rings. The highest BCUT2D eigenvalue weighted by atomic mass is 16.4. The number of benzene rings is 2. The Morgan fingerprint density at radius 2 is 1.75 bits per heavy atom. The Bertz CT molecular complexity index is 610. The van der Waals surface area contributed by atoms with Gasteiger partial charge in [0.25, 0.3) is 0 Å². The van der Waals surface area contributed by atoms with Crippen LogP contribution >= 0.6 is 0 Å². The number of aromatic carboxylic acids is 1. The number of carboxylic acids is 1. The van der Waals surface area contributed by atoms with E-state index in [1.54, 1.807) is 12.1 Å². The van der Waals surface area contributed by atoms with Gasteiger partial charge in [0.2, 0.25) is 0 Å². The molecule has 0 aliphatic rings. The van der Waals surface area contributed by atoms with Crippen molar-refractivity contribution in [1.82, 2.24) is 0 Å². The fraction of sp³-hybridized carbons (Fsp3) is 0.278. The molecule has 2 aromatic carbocycles. The van der Waals surface area contributed by atoms with E-state index >= 15 is 0 Å². The van der Waals surface area contributed by atoms with Crippen LogP contribution in [0.2, 0.25) is 0 Å². The van der Waals surface area contributed by atoms with Gasteiger partial charge < -0.3 is 5.11 Å². The normalized spacial score (nSPS) is 10.8. The molecule has 1 N–H and O–H groups in total. The summed E-state index contributed by atoms with van der Waals surface area (Å²) in [5, 5.41) is 8.91. The number of aryl methyl sites for hydroxylation is 1. The van der Waals surface area contributed by atoms with Crippen molar-refractivity contribution in [3.63, 3.8) is 0 Å². The van der Waals surface area contributed by atoms with E-state index in [-0.39, 0.29) is 0 Å². The summed E-state index contributed by atoms with van der Waals surface area (Å²) in [5.74, 6) is -0.363. The van der Waals surface area contributed by atoms with Gasteiger partial charge in [-0.3, -0.25) is 0 Å². The summed E-state index contributed by atoms with van der Waals surface area (Å²) in [5.41, 5.74) is 5.39. The van der Waals surface area contributed by atoms with Gasteiger partial charge in [0.05, 0.1) is 5.56 Å². The Kier molecular flexibility index (Phi) is 4.23. The summed E-state index contributed by atoms with van der Waals surface area (Å²) >= 11 is 0. The standard InChI is InChI=1S/C18H20O2/c1-12(2)16-7-4-13(3)17(11-16)10-14-5-8-15(9-6-14)18(19)20/h4-9,11-12H,10H2,1-3H3,(H,19,20). The van der Waals surface area contributed by atoms with Gasteiger partial charge >= 0.3 is 5.97 Å². The lowest BCUT2D eigenvalue weighted by Gasteiger charge is -2.11. The first-order valence-corrected chi connectivity index (χ1v) is 6.89. The number of carbonyl (C=O) groups is 1. The maximum Gasteiger partial charge on any atom is 0.335 e. The quantitative estimate of drug-likeness (QED) is 0.892. The summed E-state index contributed by atoms with van der Waals surface area (Å²) in [6.07, 6.45) is 0.840. The highest BCUT2D eigenvalue weighted by molar-refractivity contribution is 5.87. The van der Waals surface area contributed by atoms with Crippen molar-refractivity contribution in [2.75, 3.05) is 0 Å². The summed E-state index contributed by atoms with van der Waals surface area (Å²) in [6.45, 7) is 6.50. The van der Waals surface area contributed by atoms with Gasteiger partial charge in [0, 0.05) is 0 Å². The van der Waals surface area contributed by atoms with Crippen LogP contribution in [0.4, 0.5) is 0 Å². The fourth-order valence-corrected chi connectivity index (χ4v) is 2.23. The number of hydrogen-bond donors (Lipinski definition) is 1. The average Bonchev–Trinajstić information content (AvgIpc) is 2.41. The zero-order valence-corrected chi connectivity index (χ0v) is 12.2. The monoisotopic (exact) mass is 268 g/mol. The first kappa shape index (κ1) is 14.3. The molecule has 0 amide bonds. The molecule has 2 rings (SSSR count). The van der Waals surface area contributed by atoms with Gasteiger partial charge in [-0.2, -0.15) is 0 Å². The minimum Gasteiger partial charge on any atom is -0.478 e. The van der Waals surface area contributed by atoms with E-state index in [0.29, 0.717) is 11.5 Å². The molecule has 2 nitrogen and oxygen atoms in total. The van der Waals surface area contributed by atoms with E-state index in [0.717, 1.165) is 12.0 Å². The lowest BCUT2D eigenvalue weighted by Crippen LogP contribution is -1.98. The maximum absolute atomic E-state index is 10.8. The van der Waals surface area contributed by atoms with Crippen LogP contribution in [0.25, 0.3) is 0 Å². The van der Waals surface area contributed by atoms with Crippen molar-refractivity contribution in [2.45, 2.75) is 33.1 Å². The van der Waals surface area contributed by atoms with Gasteiger partial charge in [-0.25, -0.2) is 4.79 Å². The first-order chi connectivity index (χ1) is 9.47. The molecule has 104 valence electrons. The molecule has 0 saturated carbocycles. The van der Waals surface area contributed by atoms with Crippen molar-refractivity contribution < 1.29 is 9.90 Å². The molecule has 0 saturated heterocycles. The van der Waals surface area contributed by atoms with Crippen LogP contribution in [0, 0.1) is 6.92 Å². The molecule has 20 heavy (non-hydrogen) atoms. The average molecular weight is 268 g/mol. The van der Waals surface area contributed by atoms with Crippen LogP contribution in [0.15, 0.2) is 42.5 Å². The third kappa shape index (κ3) is 3.27. The summed E-state index contributed by atoms with van der Waals surface area (Å²) < 4.78 is 0. The molecular formula is C18H20O2. The molecule has 0 spiro atoms. The fourth-order valence-electron chi connectivity index (χ4n) is 2.23. The molecule has 0 aliphatic carbocycles. The number of hydrogen-bond acceptors (Lipinski definition) is 1. The summed E-state index contributed by atoms with van der Waals surface area (Å²) in [6, 6.07) is 13.7. The van der Waals surface area contributed by atoms with E-state index in [1.165, 1.54) is 16.7 Å². The summed E-state index contributed by atoms with van der Waals surface area (Å²) in [7, 11) is 0. The smallest absolute Gasteiger partial charge is 0.335 e. The van der Waals surface area contributed by atoms with Gasteiger partial charge in [0.1, 0.15) is 0 Å². The molecule has 0 aliphatic heterocycles. The van der Waals surface area contributed by atoms with Crippen molar-refractivity contribution in [2.24, 2.45) is 0 Å². The minimum absolute atomic E-state index is 0.335. The van der Waals surface area contributed by atoms with Crippen LogP contribution in [0.3, 0.4) is 0 Å². The van der Waals surface area contributed by atoms with Crippen LogP contribution in [-0.2, 0) is 6.42 Å². The molecule has 2 aromatic rings. The lowest BCUT2D eigenvalue weighted by atomic mass is 9.94. The van der Waals surface area contributed by atoms with Crippen LogP contribution < -0.4 is 0 Å². The highest BCUT2D eigenvalue weighted by Gasteiger charge is 2.06. The van der Waals surface area contributed by atoms with Crippen LogP contribution in [-0.4, -0.2) is 11.1 Å². The van der Waals surface area contributed by atoms with E-state index in [9.17, 15) is 4.79 Å². The SMILES string of the molecule is Cc1ccc(C(C)C)cc1Cc1ccc(C(=O)O)cc1. The van der Waals surface area contributed by atoms with E-state index < -0.39 is 5.97 Å². The largest absolute Gasteiger partial charge is 0.478 e. The third-order valence-electron chi connectivity index (χ3n) is 3.64. The van der Waals surface area contributed by atoms with E-state index in [2.05, 4.69) is 39.0 Å². The Morgan fingerprint density at radius 1 is 1.10 bits per heavy atom. The second kappa shape index (κ2) is 5.91. The van der Waals surface area contributed by atoms with Gasteiger partial charge in [-0.15, -0.1) is 0 Å². The third-order valence-corrected chi connectivity index (χ3v) is 3.64. The van der Waals surface area contributed by atoms with Gasteiger partial charge in [0.15, 0.2) is 0 Å². The molecule has 0 bridgehead atoms. The van der Waals surface area contributed by atoms with Crippen molar-refractivity contribution in [1.29, 1.82) is 0 Å². The molecule has 0 atom stereocenters. The van der Waals surface area contributed by atoms with Crippen molar-refractivity contribution in [3.8, 4) is 0 Å². The van der Waals surface area contributed by atoms with Crippen LogP contribution in [0.5, 0.6) is 0 Å². The Labute approximate surface area is 120 Å². The second-order valence-corrected chi connectivity index (χ2v) is 5.52. The Hall–Kier alpha value is -2.09. The lowest BCUT2D eigenvalue weighted by molar-refractivity contribution is 0.0697. The molecular weight excluding hydrogens is 248 g/mol. The zero-order valence-electron chi connectivity index (χ0n) is 12.2. The number of rotatable bonds is 4. The predicted octanol–water partition coefficient (Wildman–Crippen LogP) is 4.41. The molecule has 0 unspecified atom stereocenters. The number of carboxylic acid groups (broad SMARTS) is 1. The Morgan fingerprint density at radius 3 is 2.30 bits per heavy atom. The highest BCUT2D eigenvalue weighted by Crippen LogP contribution is 2.21. The molecule has 0 radical (unpaired) electrons. The van der Waals surface area contributed by atoms with Gasteiger partial charge in [-0.1, -0.05) is 44.2 Å². The first-order valence-electron chi connectivity index (χ1n) is 6.89. The van der Waals surface area contributed by atoms with Crippen molar-refractivity contribution >= 4 is 5.97 Å². The summed E-state index contributed by atoms with van der Waals surface area (Å²) in [4.78, 5) is 10.8.